The van der Waals surface area contributed by atoms with Crippen LogP contribution in [0, 0.1) is 11.7 Å². The van der Waals surface area contributed by atoms with Crippen LogP contribution in [0.3, 0.4) is 0 Å². The number of amides is 1. The first-order valence-electron chi connectivity index (χ1n) is 6.06. The van der Waals surface area contributed by atoms with E-state index < -0.39 is 11.9 Å². The molecule has 1 aromatic rings. The van der Waals surface area contributed by atoms with Crippen molar-refractivity contribution in [1.29, 1.82) is 0 Å². The molecule has 0 radical (unpaired) electrons. The highest BCUT2D eigenvalue weighted by atomic mass is 35.5. The molecule has 2 rings (SSSR count). The number of benzene rings is 1. The van der Waals surface area contributed by atoms with Crippen molar-refractivity contribution < 1.29 is 18.7 Å². The molecule has 0 spiro atoms. The largest absolute Gasteiger partial charge is 0.493 e. The van der Waals surface area contributed by atoms with Crippen molar-refractivity contribution in [3.8, 4) is 5.75 Å². The molecule has 1 saturated carbocycles. The molecule has 104 valence electrons. The predicted molar refractivity (Wildman–Crippen MR) is 69.0 cm³/mol. The molecule has 4 nitrogen and oxygen atoms in total. The summed E-state index contributed by atoms with van der Waals surface area (Å²) in [6.45, 7) is 2.54. The van der Waals surface area contributed by atoms with E-state index in [4.69, 9.17) is 26.8 Å². The van der Waals surface area contributed by atoms with Gasteiger partial charge >= 0.3 is 6.09 Å². The molecule has 1 aromatic carbocycles. The van der Waals surface area contributed by atoms with Crippen LogP contribution < -0.4 is 10.5 Å². The van der Waals surface area contributed by atoms with Crippen molar-refractivity contribution in [3.63, 3.8) is 0 Å². The quantitative estimate of drug-likeness (QED) is 0.905. The van der Waals surface area contributed by atoms with Crippen molar-refractivity contribution >= 4 is 17.7 Å². The van der Waals surface area contributed by atoms with Gasteiger partial charge in [0.25, 0.3) is 0 Å². The molecule has 0 saturated heterocycles. The number of carbonyl (C=O) groups is 1. The first-order valence-corrected chi connectivity index (χ1v) is 6.44. The van der Waals surface area contributed by atoms with Crippen LogP contribution in [0.15, 0.2) is 12.1 Å². The average Bonchev–Trinajstić information content (AvgIpc) is 3.10. The van der Waals surface area contributed by atoms with E-state index in [0.717, 1.165) is 12.0 Å². The van der Waals surface area contributed by atoms with Crippen LogP contribution in [0.4, 0.5) is 9.18 Å². The highest BCUT2D eigenvalue weighted by Gasteiger charge is 2.41. The first kappa shape index (κ1) is 13.9. The summed E-state index contributed by atoms with van der Waals surface area (Å²) in [5.74, 6) is 0.350. The molecule has 0 aliphatic heterocycles. The molecule has 2 N–H and O–H groups in total. The van der Waals surface area contributed by atoms with Crippen LogP contribution in [0.2, 0.25) is 5.02 Å². The Labute approximate surface area is 115 Å². The van der Waals surface area contributed by atoms with Gasteiger partial charge < -0.3 is 15.2 Å². The lowest BCUT2D eigenvalue weighted by atomic mass is 10.1. The normalized spacial score (nSPS) is 21.0. The van der Waals surface area contributed by atoms with Crippen LogP contribution in [0.1, 0.15) is 24.8 Å². The summed E-state index contributed by atoms with van der Waals surface area (Å²) in [5.41, 5.74) is 5.77. The maximum atomic E-state index is 13.4. The van der Waals surface area contributed by atoms with Gasteiger partial charge in [0.2, 0.25) is 0 Å². The number of hydrogen-bond acceptors (Lipinski definition) is 3. The third-order valence-electron chi connectivity index (χ3n) is 3.11. The van der Waals surface area contributed by atoms with Crippen molar-refractivity contribution in [3.05, 3.63) is 28.5 Å². The summed E-state index contributed by atoms with van der Waals surface area (Å²) in [5, 5.41) is 0.0694. The Bertz CT molecular complexity index is 495. The van der Waals surface area contributed by atoms with Gasteiger partial charge in [0.15, 0.2) is 0 Å². The van der Waals surface area contributed by atoms with Gasteiger partial charge in [0, 0.05) is 12.0 Å². The highest BCUT2D eigenvalue weighted by Crippen LogP contribution is 2.51. The number of nitrogens with two attached hydrogens (primary N) is 1. The molecular weight excluding hydrogens is 273 g/mol. The summed E-state index contributed by atoms with van der Waals surface area (Å²) in [6.07, 6.45) is 0.0581. The van der Waals surface area contributed by atoms with Crippen LogP contribution in [0.25, 0.3) is 0 Å². The minimum Gasteiger partial charge on any atom is -0.493 e. The first-order chi connectivity index (χ1) is 9.02. The second kappa shape index (κ2) is 5.65. The Kier molecular flexibility index (Phi) is 4.14. The van der Waals surface area contributed by atoms with Gasteiger partial charge in [-0.3, -0.25) is 0 Å². The molecule has 1 fully saturated rings. The van der Waals surface area contributed by atoms with Crippen molar-refractivity contribution in [1.82, 2.24) is 0 Å². The maximum Gasteiger partial charge on any atom is 0.404 e. The van der Waals surface area contributed by atoms with E-state index >= 15 is 0 Å². The predicted octanol–water partition coefficient (Wildman–Crippen LogP) is 3.08. The maximum absolute atomic E-state index is 13.4. The summed E-state index contributed by atoms with van der Waals surface area (Å²) in [4.78, 5) is 10.5. The van der Waals surface area contributed by atoms with Crippen LogP contribution in [-0.4, -0.2) is 19.3 Å². The number of rotatable bonds is 5. The second-order valence-electron chi connectivity index (χ2n) is 4.47. The molecule has 0 aromatic heterocycles. The van der Waals surface area contributed by atoms with Crippen LogP contribution in [0.5, 0.6) is 5.75 Å². The van der Waals surface area contributed by atoms with E-state index in [-0.39, 0.29) is 23.5 Å². The number of hydrogen-bond donors (Lipinski definition) is 1. The van der Waals surface area contributed by atoms with Gasteiger partial charge in [0.05, 0.1) is 18.2 Å². The molecule has 2 unspecified atom stereocenters. The Morgan fingerprint density at radius 3 is 2.95 bits per heavy atom. The molecule has 0 bridgehead atoms. The minimum atomic E-state index is -0.784. The zero-order valence-electron chi connectivity index (χ0n) is 10.5. The SMILES string of the molecule is CCOc1cc(F)c(Cl)cc1C1CC1COC(N)=O. The van der Waals surface area contributed by atoms with Crippen molar-refractivity contribution in [2.24, 2.45) is 11.7 Å². The highest BCUT2D eigenvalue weighted by molar-refractivity contribution is 6.30. The topological polar surface area (TPSA) is 61.6 Å². The summed E-state index contributed by atoms with van der Waals surface area (Å²) >= 11 is 5.80. The zero-order chi connectivity index (χ0) is 14.0. The Morgan fingerprint density at radius 1 is 1.58 bits per heavy atom. The molecular formula is C13H15ClFNO3. The molecule has 2 atom stereocenters. The lowest BCUT2D eigenvalue weighted by Crippen LogP contribution is -2.14. The standard InChI is InChI=1S/C13H15ClFNO3/c1-2-18-12-5-11(15)10(14)4-9(12)8-3-7(8)6-19-13(16)17/h4-5,7-8H,2-3,6H2,1H3,(H2,16,17). The second-order valence-corrected chi connectivity index (χ2v) is 4.88. The Balaban J connectivity index is 2.12. The lowest BCUT2D eigenvalue weighted by Gasteiger charge is -2.11. The minimum absolute atomic E-state index is 0.0694. The Morgan fingerprint density at radius 2 is 2.32 bits per heavy atom. The average molecular weight is 288 g/mol. The number of ether oxygens (including phenoxy) is 2. The fourth-order valence-electron chi connectivity index (χ4n) is 2.12. The lowest BCUT2D eigenvalue weighted by molar-refractivity contribution is 0.151. The zero-order valence-corrected chi connectivity index (χ0v) is 11.2. The number of carbonyl (C=O) groups excluding carboxylic acids is 1. The Hall–Kier alpha value is -1.49. The number of halogens is 2. The fraction of sp³-hybridized carbons (Fsp3) is 0.462. The van der Waals surface area contributed by atoms with Gasteiger partial charge in [-0.1, -0.05) is 11.6 Å². The third kappa shape index (κ3) is 3.29. The summed E-state index contributed by atoms with van der Waals surface area (Å²) in [6, 6.07) is 2.88. The monoisotopic (exact) mass is 287 g/mol. The summed E-state index contributed by atoms with van der Waals surface area (Å²) < 4.78 is 23.6. The molecule has 1 amide bonds. The van der Waals surface area contributed by atoms with E-state index in [0.29, 0.717) is 12.4 Å². The van der Waals surface area contributed by atoms with E-state index in [1.54, 1.807) is 6.07 Å². The molecule has 19 heavy (non-hydrogen) atoms. The molecule has 1 aliphatic rings. The fourth-order valence-corrected chi connectivity index (χ4v) is 2.29. The van der Waals surface area contributed by atoms with Gasteiger partial charge in [-0.25, -0.2) is 9.18 Å². The van der Waals surface area contributed by atoms with Crippen LogP contribution in [-0.2, 0) is 4.74 Å². The van der Waals surface area contributed by atoms with Gasteiger partial charge in [-0.2, -0.15) is 0 Å². The molecule has 6 heteroatoms. The van der Waals surface area contributed by atoms with Crippen molar-refractivity contribution in [2.45, 2.75) is 19.3 Å². The van der Waals surface area contributed by atoms with Crippen LogP contribution >= 0.6 is 11.6 Å². The third-order valence-corrected chi connectivity index (χ3v) is 3.40. The molecule has 1 aliphatic carbocycles. The van der Waals surface area contributed by atoms with Gasteiger partial charge in [-0.15, -0.1) is 0 Å². The van der Waals surface area contributed by atoms with Gasteiger partial charge in [0.1, 0.15) is 11.6 Å². The van der Waals surface area contributed by atoms with E-state index in [9.17, 15) is 9.18 Å². The van der Waals surface area contributed by atoms with E-state index in [1.807, 2.05) is 6.92 Å². The summed E-state index contributed by atoms with van der Waals surface area (Å²) in [7, 11) is 0. The number of primary amides is 1. The van der Waals surface area contributed by atoms with E-state index in [1.165, 1.54) is 6.07 Å². The molecule has 0 heterocycles. The van der Waals surface area contributed by atoms with Crippen molar-refractivity contribution in [2.75, 3.05) is 13.2 Å². The van der Waals surface area contributed by atoms with Gasteiger partial charge in [-0.05, 0) is 30.9 Å². The smallest absolute Gasteiger partial charge is 0.404 e. The van der Waals surface area contributed by atoms with E-state index in [2.05, 4.69) is 0 Å².